The number of likely N-dealkylation sites (tertiary alicyclic amines) is 6. The summed E-state index contributed by atoms with van der Waals surface area (Å²) in [5.41, 5.74) is 0.245. The summed E-state index contributed by atoms with van der Waals surface area (Å²) >= 11 is 0. The topological polar surface area (TPSA) is 194 Å². The number of carbonyl (C=O) groups excluding carboxylic acids is 6. The van der Waals surface area contributed by atoms with Gasteiger partial charge in [0.1, 0.15) is 0 Å². The van der Waals surface area contributed by atoms with E-state index in [0.29, 0.717) is 83.0 Å². The van der Waals surface area contributed by atoms with Crippen LogP contribution in [0, 0.1) is 118 Å². The number of carbonyl (C=O) groups is 6. The molecule has 0 spiro atoms. The van der Waals surface area contributed by atoms with Gasteiger partial charge in [-0.25, -0.2) is 0 Å². The second-order valence-corrected chi connectivity index (χ2v) is 43.1. The molecular weight excluding hydrogens is 1420 g/mol. The Morgan fingerprint density at radius 2 is 0.605 bits per heavy atom. The van der Waals surface area contributed by atoms with Crippen molar-refractivity contribution in [2.75, 3.05) is 101 Å². The molecule has 18 heteroatoms. The third-order valence-corrected chi connectivity index (χ3v) is 34.5. The van der Waals surface area contributed by atoms with Crippen molar-refractivity contribution >= 4 is 35.4 Å². The lowest BCUT2D eigenvalue weighted by atomic mass is 9.80. The fourth-order valence-corrected chi connectivity index (χ4v) is 28.1. The van der Waals surface area contributed by atoms with Gasteiger partial charge >= 0.3 is 0 Å². The SMILES string of the molecule is CNC1CCC(C)CN(C23CCC(CC2)C3)C1=O.CNC1CCC(C)CN(C2CC3CCC2C3)C1=O.CNC1CCC(C)CN(C2CC3CCCC2C3)C1=O.CNC1CCC(C)CN(CC2CC3CCC(C3)C2)C1=O.CNC1CCC(C)CN(CC2CC3CCC2C3)C1=O.CNC1CCC(C)CN(CC2CC3CCCC2C3)C1=O. The lowest BCUT2D eigenvalue weighted by Crippen LogP contribution is -2.54. The zero-order valence-electron chi connectivity index (χ0n) is 74.4. The molecule has 18 nitrogen and oxygen atoms in total. The van der Waals surface area contributed by atoms with Gasteiger partial charge in [0.25, 0.3) is 0 Å². The molecule has 12 aliphatic carbocycles. The summed E-state index contributed by atoms with van der Waals surface area (Å²) in [5, 5.41) is 19.3. The molecule has 18 fully saturated rings. The van der Waals surface area contributed by atoms with Crippen LogP contribution in [0.3, 0.4) is 0 Å². The lowest BCUT2D eigenvalue weighted by Gasteiger charge is -2.41. The number of hydrogen-bond donors (Lipinski definition) is 6. The average Bonchev–Trinajstić information content (AvgIpc) is 1.61. The molecule has 18 rings (SSSR count). The smallest absolute Gasteiger partial charge is 0.240 e. The molecule has 6 amide bonds. The summed E-state index contributed by atoms with van der Waals surface area (Å²) in [4.78, 5) is 89.4. The Morgan fingerprint density at radius 3 is 0.991 bits per heavy atom. The number of likely N-dealkylation sites (N-methyl/N-ethyl adjacent to an activating group) is 6. The quantitative estimate of drug-likeness (QED) is 0.0910. The molecule has 12 saturated carbocycles. The predicted molar refractivity (Wildman–Crippen MR) is 461 cm³/mol. The largest absolute Gasteiger partial charge is 0.341 e. The number of nitrogens with one attached hydrogen (secondary N) is 6. The number of hydrogen-bond acceptors (Lipinski definition) is 12. The van der Waals surface area contributed by atoms with Gasteiger partial charge < -0.3 is 61.3 Å². The summed E-state index contributed by atoms with van der Waals surface area (Å²) in [7, 11) is 11.6. The Balaban J connectivity index is 0.000000119. The predicted octanol–water partition coefficient (Wildman–Crippen LogP) is 14.2. The number of amides is 6. The van der Waals surface area contributed by atoms with Gasteiger partial charge in [0.2, 0.25) is 35.4 Å². The van der Waals surface area contributed by atoms with Crippen LogP contribution in [-0.4, -0.2) is 220 Å². The zero-order chi connectivity index (χ0) is 80.5. The summed E-state index contributed by atoms with van der Waals surface area (Å²) in [6.45, 7) is 22.8. The number of nitrogens with zero attached hydrogens (tertiary/aromatic N) is 6. The fraction of sp³-hybridized carbons (Fsp3) is 0.938. The van der Waals surface area contributed by atoms with Gasteiger partial charge in [0.05, 0.1) is 36.3 Å². The number of rotatable bonds is 15. The first kappa shape index (κ1) is 88.4. The minimum atomic E-state index is 0.0558. The van der Waals surface area contributed by atoms with Crippen molar-refractivity contribution in [3.8, 4) is 0 Å². The Labute approximate surface area is 693 Å². The van der Waals surface area contributed by atoms with Crippen LogP contribution in [0.15, 0.2) is 0 Å². The Bertz CT molecular complexity index is 3080. The first-order chi connectivity index (χ1) is 55.0. The van der Waals surface area contributed by atoms with E-state index in [4.69, 9.17) is 0 Å². The molecule has 0 aromatic heterocycles. The summed E-state index contributed by atoms with van der Waals surface area (Å²) in [6.07, 6.45) is 51.7. The molecule has 26 atom stereocenters. The molecule has 12 bridgehead atoms. The third kappa shape index (κ3) is 21.7. The van der Waals surface area contributed by atoms with Crippen molar-refractivity contribution < 1.29 is 28.8 Å². The molecule has 114 heavy (non-hydrogen) atoms. The van der Waals surface area contributed by atoms with Crippen molar-refractivity contribution in [3.05, 3.63) is 0 Å². The molecule has 6 aliphatic heterocycles. The summed E-state index contributed by atoms with van der Waals surface area (Å²) < 4.78 is 0. The third-order valence-electron chi connectivity index (χ3n) is 34.5. The molecule has 648 valence electrons. The maximum atomic E-state index is 12.8. The highest BCUT2D eigenvalue weighted by molar-refractivity contribution is 5.85. The zero-order valence-corrected chi connectivity index (χ0v) is 74.4. The highest BCUT2D eigenvalue weighted by Gasteiger charge is 2.53. The standard InChI is InChI=1S/2C17H30N2O.2C16H28N2O.2C15H26N2O/c1-12-3-6-16(18-2)17(20)19(10-12)11-15-8-13-4-5-14(7-13)9-15;1-12-6-7-16(18-2)17(20)19(10-12)11-15-9-13-4-3-5-14(15)8-13;1-11-3-6-15(17-2)16(19)18(9-11)10-14-8-12-4-5-13(14)7-12;1-11-6-7-14(17-2)16(19)18(10-11)15-9-12-4-3-5-13(15)8-12;1-10-3-6-13(16-2)15(18)17(9-10)14-8-11-4-5-12(14)7-11;1-11-3-4-13(16-2)14(18)17(10-11)15-7-5-12(9-15)6-8-15/h2*12-16,18H,3-11H2,1-2H3;2*11-15,17H,3-10H2,1-2H3;10-14,16H,3-9H2,1-2H3;11-13,16H,3-10H2,1-2H3. The Morgan fingerprint density at radius 1 is 0.281 bits per heavy atom. The van der Waals surface area contributed by atoms with Gasteiger partial charge in [0, 0.05) is 76.5 Å². The van der Waals surface area contributed by atoms with Gasteiger partial charge in [-0.15, -0.1) is 0 Å². The van der Waals surface area contributed by atoms with Crippen molar-refractivity contribution in [1.29, 1.82) is 0 Å². The average molecular weight is 1590 g/mol. The van der Waals surface area contributed by atoms with Gasteiger partial charge in [-0.2, -0.15) is 0 Å². The molecule has 0 aromatic rings. The molecule has 6 N–H and O–H groups in total. The van der Waals surface area contributed by atoms with E-state index in [9.17, 15) is 28.8 Å². The van der Waals surface area contributed by atoms with Crippen molar-refractivity contribution in [2.24, 2.45) is 118 Å². The van der Waals surface area contributed by atoms with Gasteiger partial charge in [-0.3, -0.25) is 28.8 Å². The van der Waals surface area contributed by atoms with E-state index in [0.717, 1.165) is 180 Å². The molecular formula is C96H168N12O6. The minimum Gasteiger partial charge on any atom is -0.341 e. The maximum Gasteiger partial charge on any atom is 0.240 e. The highest BCUT2D eigenvalue weighted by Crippen LogP contribution is 2.54. The molecule has 26 unspecified atom stereocenters. The molecule has 6 heterocycles. The van der Waals surface area contributed by atoms with Crippen molar-refractivity contribution in [3.63, 3.8) is 0 Å². The van der Waals surface area contributed by atoms with Crippen molar-refractivity contribution in [2.45, 2.75) is 352 Å². The monoisotopic (exact) mass is 1590 g/mol. The van der Waals surface area contributed by atoms with Crippen LogP contribution >= 0.6 is 0 Å². The van der Waals surface area contributed by atoms with E-state index in [1.807, 2.05) is 42.3 Å². The maximum absolute atomic E-state index is 12.8. The molecule has 18 aliphatic rings. The normalized spacial score (nSPS) is 43.1. The molecule has 0 aromatic carbocycles. The van der Waals surface area contributed by atoms with Crippen LogP contribution in [0.5, 0.6) is 0 Å². The summed E-state index contributed by atoms with van der Waals surface area (Å²) in [6, 6.07) is 1.47. The molecule has 6 saturated heterocycles. The van der Waals surface area contributed by atoms with Crippen LogP contribution in [0.25, 0.3) is 0 Å². The van der Waals surface area contributed by atoms with E-state index in [-0.39, 0.29) is 41.8 Å². The Kier molecular flexibility index (Phi) is 31.8. The van der Waals surface area contributed by atoms with Crippen LogP contribution < -0.4 is 31.9 Å². The molecule has 0 radical (unpaired) electrons. The van der Waals surface area contributed by atoms with E-state index < -0.39 is 0 Å². The van der Waals surface area contributed by atoms with Gasteiger partial charge in [0.15, 0.2) is 0 Å². The Hall–Kier alpha value is -3.42. The second-order valence-electron chi connectivity index (χ2n) is 43.1. The lowest BCUT2D eigenvalue weighted by molar-refractivity contribution is -0.139. The minimum absolute atomic E-state index is 0.0558. The number of fused-ring (bicyclic) bond motifs is 12. The van der Waals surface area contributed by atoms with Crippen LogP contribution in [0.1, 0.15) is 298 Å². The van der Waals surface area contributed by atoms with Crippen LogP contribution in [0.2, 0.25) is 0 Å². The summed E-state index contributed by atoms with van der Waals surface area (Å²) in [5.74, 6) is 18.5. The van der Waals surface area contributed by atoms with E-state index in [1.54, 1.807) is 0 Å². The van der Waals surface area contributed by atoms with E-state index >= 15 is 0 Å². The second kappa shape index (κ2) is 41.0. The van der Waals surface area contributed by atoms with Gasteiger partial charge in [-0.05, 0) is 360 Å². The van der Waals surface area contributed by atoms with E-state index in [2.05, 4.69) is 103 Å². The van der Waals surface area contributed by atoms with Crippen LogP contribution in [0.4, 0.5) is 0 Å². The first-order valence-electron chi connectivity index (χ1n) is 48.8. The first-order valence-corrected chi connectivity index (χ1v) is 48.8. The van der Waals surface area contributed by atoms with Crippen molar-refractivity contribution in [1.82, 2.24) is 61.3 Å². The van der Waals surface area contributed by atoms with Crippen LogP contribution in [-0.2, 0) is 28.8 Å². The van der Waals surface area contributed by atoms with Gasteiger partial charge in [-0.1, -0.05) is 99.3 Å². The van der Waals surface area contributed by atoms with E-state index in [1.165, 1.54) is 218 Å². The fourth-order valence-electron chi connectivity index (χ4n) is 28.1. The highest BCUT2D eigenvalue weighted by atomic mass is 16.2.